The smallest absolute Gasteiger partial charge is 0.276 e. The molecule has 0 aliphatic rings. The molecule has 0 atom stereocenters. The molecule has 0 unspecified atom stereocenters. The summed E-state index contributed by atoms with van der Waals surface area (Å²) in [5, 5.41) is 2.81. The molecular weight excluding hydrogens is 374 g/mol. The van der Waals surface area contributed by atoms with Crippen molar-refractivity contribution in [2.75, 3.05) is 6.61 Å². The number of rotatable bonds is 7. The number of hydrogen-bond donors (Lipinski definition) is 3. The van der Waals surface area contributed by atoms with Gasteiger partial charge in [0.2, 0.25) is 5.91 Å². The van der Waals surface area contributed by atoms with Gasteiger partial charge in [-0.3, -0.25) is 15.0 Å². The fraction of sp³-hybridized carbons (Fsp3) is 0.412. The lowest BCUT2D eigenvalue weighted by atomic mass is 10.1. The summed E-state index contributed by atoms with van der Waals surface area (Å²) < 4.78 is 6.21. The summed E-state index contributed by atoms with van der Waals surface area (Å²) in [6.07, 6.45) is 0.0713. The molecule has 0 bridgehead atoms. The molecule has 1 rings (SSSR count). The molecule has 1 aromatic rings. The zero-order valence-corrected chi connectivity index (χ0v) is 16.0. The molecule has 0 saturated heterocycles. The minimum Gasteiger partial charge on any atom is -0.483 e. The Balaban J connectivity index is 2.33. The summed E-state index contributed by atoms with van der Waals surface area (Å²) in [6.45, 7) is 11.2. The van der Waals surface area contributed by atoms with E-state index in [0.717, 1.165) is 10.0 Å². The number of hydrazine groups is 1. The van der Waals surface area contributed by atoms with E-state index in [9.17, 15) is 9.59 Å². The van der Waals surface area contributed by atoms with Crippen LogP contribution in [0, 0.1) is 6.92 Å². The molecule has 0 fully saturated rings. The van der Waals surface area contributed by atoms with E-state index in [1.807, 2.05) is 39.8 Å². The van der Waals surface area contributed by atoms with Gasteiger partial charge in [-0.05, 0) is 61.3 Å². The van der Waals surface area contributed by atoms with Gasteiger partial charge in [-0.2, -0.15) is 0 Å². The van der Waals surface area contributed by atoms with Crippen LogP contribution in [0.1, 0.15) is 32.8 Å². The highest BCUT2D eigenvalue weighted by Gasteiger charge is 2.14. The summed E-state index contributed by atoms with van der Waals surface area (Å²) in [6, 6.07) is 5.59. The van der Waals surface area contributed by atoms with Gasteiger partial charge in [-0.15, -0.1) is 0 Å². The third-order valence-corrected chi connectivity index (χ3v) is 3.33. The van der Waals surface area contributed by atoms with Gasteiger partial charge in [0.05, 0.1) is 10.9 Å². The van der Waals surface area contributed by atoms with Gasteiger partial charge >= 0.3 is 0 Å². The second-order valence-electron chi connectivity index (χ2n) is 6.47. The van der Waals surface area contributed by atoms with Crippen LogP contribution in [0.25, 0.3) is 0 Å². The number of ether oxygens (including phenoxy) is 1. The molecule has 0 heterocycles. The quantitative estimate of drug-likeness (QED) is 0.617. The maximum atomic E-state index is 11.8. The van der Waals surface area contributed by atoms with Crippen molar-refractivity contribution in [1.29, 1.82) is 0 Å². The molecule has 7 heteroatoms. The number of hydrogen-bond acceptors (Lipinski definition) is 4. The molecule has 6 nitrogen and oxygen atoms in total. The topological polar surface area (TPSA) is 79.5 Å². The normalized spacial score (nSPS) is 10.7. The molecule has 0 saturated carbocycles. The number of benzene rings is 1. The largest absolute Gasteiger partial charge is 0.483 e. The van der Waals surface area contributed by atoms with E-state index < -0.39 is 0 Å². The second-order valence-corrected chi connectivity index (χ2v) is 7.33. The van der Waals surface area contributed by atoms with E-state index in [4.69, 9.17) is 4.74 Å². The van der Waals surface area contributed by atoms with Crippen molar-refractivity contribution in [3.05, 3.63) is 40.5 Å². The van der Waals surface area contributed by atoms with Gasteiger partial charge in [0.25, 0.3) is 5.91 Å². The van der Waals surface area contributed by atoms with Crippen LogP contribution >= 0.6 is 15.9 Å². The lowest BCUT2D eigenvalue weighted by Crippen LogP contribution is -2.43. The number of aryl methyl sites for hydroxylation is 1. The van der Waals surface area contributed by atoms with Crippen molar-refractivity contribution in [2.24, 2.45) is 0 Å². The Kier molecular flexibility index (Phi) is 7.28. The van der Waals surface area contributed by atoms with Crippen LogP contribution in [0.5, 0.6) is 5.75 Å². The monoisotopic (exact) mass is 397 g/mol. The SMILES string of the molecule is C=C(CC(=O)NC(C)(C)C)NNC(=O)COc1ccc(C)cc1Br. The molecule has 0 spiro atoms. The van der Waals surface area contributed by atoms with Crippen LogP contribution < -0.4 is 20.9 Å². The zero-order chi connectivity index (χ0) is 18.3. The third-order valence-electron chi connectivity index (χ3n) is 2.71. The molecule has 0 aliphatic heterocycles. The predicted octanol–water partition coefficient (Wildman–Crippen LogP) is 2.58. The van der Waals surface area contributed by atoms with Crippen LogP contribution in [0.3, 0.4) is 0 Å². The fourth-order valence-corrected chi connectivity index (χ4v) is 2.37. The number of carbonyl (C=O) groups is 2. The van der Waals surface area contributed by atoms with E-state index in [1.54, 1.807) is 6.07 Å². The maximum absolute atomic E-state index is 11.8. The average molecular weight is 398 g/mol. The highest BCUT2D eigenvalue weighted by atomic mass is 79.9. The van der Waals surface area contributed by atoms with Crippen LogP contribution in [0.4, 0.5) is 0 Å². The third kappa shape index (κ3) is 8.01. The Labute approximate surface area is 151 Å². The second kappa shape index (κ2) is 8.73. The summed E-state index contributed by atoms with van der Waals surface area (Å²) in [5.74, 6) is 0.0353. The summed E-state index contributed by atoms with van der Waals surface area (Å²) >= 11 is 3.38. The number of carbonyl (C=O) groups excluding carboxylic acids is 2. The van der Waals surface area contributed by atoms with Crippen molar-refractivity contribution < 1.29 is 14.3 Å². The van der Waals surface area contributed by atoms with Gasteiger partial charge in [0.15, 0.2) is 6.61 Å². The Bertz CT molecular complexity index is 624. The minimum atomic E-state index is -0.375. The molecule has 0 radical (unpaired) electrons. The van der Waals surface area contributed by atoms with Crippen molar-refractivity contribution in [3.8, 4) is 5.75 Å². The van der Waals surface area contributed by atoms with E-state index >= 15 is 0 Å². The Morgan fingerprint density at radius 1 is 1.21 bits per heavy atom. The van der Waals surface area contributed by atoms with Gasteiger partial charge in [0, 0.05) is 11.2 Å². The number of nitrogens with one attached hydrogen (secondary N) is 3. The van der Waals surface area contributed by atoms with Gasteiger partial charge in [0.1, 0.15) is 5.75 Å². The van der Waals surface area contributed by atoms with Crippen LogP contribution in [0.2, 0.25) is 0 Å². The van der Waals surface area contributed by atoms with E-state index in [1.165, 1.54) is 0 Å². The summed E-state index contributed by atoms with van der Waals surface area (Å²) in [4.78, 5) is 23.5. The lowest BCUT2D eigenvalue weighted by molar-refractivity contribution is -0.124. The van der Waals surface area contributed by atoms with Crippen molar-refractivity contribution in [2.45, 2.75) is 39.7 Å². The standard InChI is InChI=1S/C17H24BrN3O3/c1-11-6-7-14(13(18)8-11)24-10-16(23)21-20-12(2)9-15(22)19-17(3,4)5/h6-8,20H,2,9-10H2,1,3-5H3,(H,19,22)(H,21,23). The Morgan fingerprint density at radius 3 is 2.46 bits per heavy atom. The Hall–Kier alpha value is -2.02. The lowest BCUT2D eigenvalue weighted by Gasteiger charge is -2.21. The molecule has 1 aromatic carbocycles. The highest BCUT2D eigenvalue weighted by Crippen LogP contribution is 2.25. The number of halogens is 1. The predicted molar refractivity (Wildman–Crippen MR) is 97.3 cm³/mol. The van der Waals surface area contributed by atoms with E-state index in [0.29, 0.717) is 11.4 Å². The molecule has 3 N–H and O–H groups in total. The van der Waals surface area contributed by atoms with Crippen LogP contribution in [-0.4, -0.2) is 24.0 Å². The molecule has 24 heavy (non-hydrogen) atoms. The fourth-order valence-electron chi connectivity index (χ4n) is 1.76. The van der Waals surface area contributed by atoms with Crippen LogP contribution in [0.15, 0.2) is 34.9 Å². The first-order valence-electron chi connectivity index (χ1n) is 7.49. The van der Waals surface area contributed by atoms with Crippen LogP contribution in [-0.2, 0) is 9.59 Å². The summed E-state index contributed by atoms with van der Waals surface area (Å²) in [7, 11) is 0. The first-order chi connectivity index (χ1) is 11.1. The average Bonchev–Trinajstić information content (AvgIpc) is 2.42. The van der Waals surface area contributed by atoms with Gasteiger partial charge in [-0.25, -0.2) is 0 Å². The van der Waals surface area contributed by atoms with Gasteiger partial charge < -0.3 is 15.5 Å². The van der Waals surface area contributed by atoms with E-state index in [2.05, 4.69) is 38.7 Å². The molecule has 0 aliphatic carbocycles. The zero-order valence-electron chi connectivity index (χ0n) is 14.5. The highest BCUT2D eigenvalue weighted by molar-refractivity contribution is 9.10. The van der Waals surface area contributed by atoms with E-state index in [-0.39, 0.29) is 30.4 Å². The van der Waals surface area contributed by atoms with Crippen molar-refractivity contribution in [1.82, 2.24) is 16.2 Å². The van der Waals surface area contributed by atoms with Crippen molar-refractivity contribution >= 4 is 27.7 Å². The first-order valence-corrected chi connectivity index (χ1v) is 8.29. The maximum Gasteiger partial charge on any atom is 0.276 e. The molecule has 0 aromatic heterocycles. The molecule has 132 valence electrons. The van der Waals surface area contributed by atoms with Crippen molar-refractivity contribution in [3.63, 3.8) is 0 Å². The van der Waals surface area contributed by atoms with Gasteiger partial charge in [-0.1, -0.05) is 12.6 Å². The molecular formula is C17H24BrN3O3. The Morgan fingerprint density at radius 2 is 1.88 bits per heavy atom. The summed E-state index contributed by atoms with van der Waals surface area (Å²) in [5.41, 5.74) is 6.22. The first kappa shape index (κ1) is 20.0. The molecule has 2 amide bonds. The minimum absolute atomic E-state index is 0.0713. The number of amides is 2.